The molecular formula is C17H24N4S. The van der Waals surface area contributed by atoms with Crippen LogP contribution in [0.2, 0.25) is 0 Å². The lowest BCUT2D eigenvalue weighted by molar-refractivity contribution is 0.476. The zero-order valence-corrected chi connectivity index (χ0v) is 14.6. The number of aryl methyl sites for hydroxylation is 2. The molecular weight excluding hydrogens is 292 g/mol. The van der Waals surface area contributed by atoms with Crippen LogP contribution in [0, 0.1) is 6.92 Å². The fourth-order valence-electron chi connectivity index (χ4n) is 2.25. The number of hydrogen-bond acceptors (Lipinski definition) is 3. The molecule has 0 saturated heterocycles. The summed E-state index contributed by atoms with van der Waals surface area (Å²) in [6, 6.07) is 8.76. The summed E-state index contributed by atoms with van der Waals surface area (Å²) in [5.41, 5.74) is 2.65. The van der Waals surface area contributed by atoms with E-state index in [0.29, 0.717) is 6.54 Å². The van der Waals surface area contributed by atoms with Crippen LogP contribution in [-0.4, -0.2) is 29.9 Å². The maximum atomic E-state index is 4.37. The number of guanidine groups is 1. The first-order chi connectivity index (χ1) is 10.6. The minimum atomic E-state index is 0.713. The molecule has 1 aromatic carbocycles. The minimum absolute atomic E-state index is 0.713. The molecule has 0 unspecified atom stereocenters. The number of nitrogens with zero attached hydrogens (tertiary/aromatic N) is 3. The molecule has 0 spiro atoms. The monoisotopic (exact) mass is 316 g/mol. The summed E-state index contributed by atoms with van der Waals surface area (Å²) in [4.78, 5) is 12.1. The van der Waals surface area contributed by atoms with Gasteiger partial charge in [0.25, 0.3) is 0 Å². The van der Waals surface area contributed by atoms with Crippen molar-refractivity contribution in [3.05, 3.63) is 51.5 Å². The topological polar surface area (TPSA) is 40.5 Å². The molecule has 0 radical (unpaired) electrons. The van der Waals surface area contributed by atoms with Crippen molar-refractivity contribution in [1.82, 2.24) is 15.2 Å². The molecule has 0 bridgehead atoms. The van der Waals surface area contributed by atoms with E-state index in [1.807, 2.05) is 13.2 Å². The average molecular weight is 316 g/mol. The number of nitrogens with one attached hydrogen (secondary N) is 1. The summed E-state index contributed by atoms with van der Waals surface area (Å²) in [6.07, 6.45) is 2.98. The summed E-state index contributed by atoms with van der Waals surface area (Å²) in [6.45, 7) is 5.79. The average Bonchev–Trinajstić information content (AvgIpc) is 2.94. The van der Waals surface area contributed by atoms with Crippen molar-refractivity contribution < 1.29 is 0 Å². The van der Waals surface area contributed by atoms with Gasteiger partial charge in [0.2, 0.25) is 0 Å². The van der Waals surface area contributed by atoms with Crippen molar-refractivity contribution in [3.8, 4) is 0 Å². The number of thiazole rings is 1. The van der Waals surface area contributed by atoms with Gasteiger partial charge in [-0.15, -0.1) is 11.3 Å². The van der Waals surface area contributed by atoms with Gasteiger partial charge in [-0.2, -0.15) is 0 Å². The number of benzene rings is 1. The van der Waals surface area contributed by atoms with Crippen molar-refractivity contribution >= 4 is 17.3 Å². The van der Waals surface area contributed by atoms with Gasteiger partial charge in [-0.05, 0) is 24.5 Å². The molecule has 0 amide bonds. The molecule has 0 aliphatic heterocycles. The van der Waals surface area contributed by atoms with Crippen LogP contribution in [-0.2, 0) is 19.5 Å². The molecule has 118 valence electrons. The van der Waals surface area contributed by atoms with E-state index >= 15 is 0 Å². The lowest BCUT2D eigenvalue weighted by Crippen LogP contribution is -2.38. The largest absolute Gasteiger partial charge is 0.350 e. The molecule has 1 aromatic heterocycles. The summed E-state index contributed by atoms with van der Waals surface area (Å²) < 4.78 is 0. The van der Waals surface area contributed by atoms with E-state index in [9.17, 15) is 0 Å². The first-order valence-electron chi connectivity index (χ1n) is 7.53. The highest BCUT2D eigenvalue weighted by molar-refractivity contribution is 7.11. The number of aliphatic imine (C=N–C) groups is 1. The maximum absolute atomic E-state index is 4.37. The van der Waals surface area contributed by atoms with E-state index < -0.39 is 0 Å². The highest BCUT2D eigenvalue weighted by Gasteiger charge is 2.07. The predicted octanol–water partition coefficient (Wildman–Crippen LogP) is 3.22. The highest BCUT2D eigenvalue weighted by Crippen LogP contribution is 2.11. The smallest absolute Gasteiger partial charge is 0.194 e. The maximum Gasteiger partial charge on any atom is 0.194 e. The predicted molar refractivity (Wildman–Crippen MR) is 94.3 cm³/mol. The summed E-state index contributed by atoms with van der Waals surface area (Å²) in [7, 11) is 3.86. The lowest BCUT2D eigenvalue weighted by Gasteiger charge is -2.22. The first kappa shape index (κ1) is 16.5. The Hall–Kier alpha value is -1.88. The van der Waals surface area contributed by atoms with Crippen LogP contribution < -0.4 is 5.32 Å². The standard InChI is InChI=1S/C17H24N4S/c1-5-14-6-8-15(9-7-14)12-21(4)17(18-3)20-11-16-19-10-13(2)22-16/h6-10H,5,11-12H2,1-4H3,(H,18,20). The van der Waals surface area contributed by atoms with Gasteiger partial charge in [0.15, 0.2) is 5.96 Å². The molecule has 22 heavy (non-hydrogen) atoms. The Morgan fingerprint density at radius 3 is 2.50 bits per heavy atom. The summed E-state index contributed by atoms with van der Waals surface area (Å²) in [5, 5.41) is 4.45. The lowest BCUT2D eigenvalue weighted by atomic mass is 10.1. The van der Waals surface area contributed by atoms with Crippen LogP contribution in [0.4, 0.5) is 0 Å². The van der Waals surface area contributed by atoms with Crippen molar-refractivity contribution in [2.24, 2.45) is 4.99 Å². The Morgan fingerprint density at radius 1 is 1.27 bits per heavy atom. The third-order valence-electron chi connectivity index (χ3n) is 3.49. The normalized spacial score (nSPS) is 11.5. The van der Waals surface area contributed by atoms with Gasteiger partial charge in [0, 0.05) is 31.7 Å². The number of hydrogen-bond donors (Lipinski definition) is 1. The summed E-state index contributed by atoms with van der Waals surface area (Å²) >= 11 is 1.71. The van der Waals surface area contributed by atoms with Gasteiger partial charge in [-0.25, -0.2) is 4.98 Å². The fourth-order valence-corrected chi connectivity index (χ4v) is 2.98. The molecule has 0 aliphatic carbocycles. The van der Waals surface area contributed by atoms with E-state index in [0.717, 1.165) is 23.9 Å². The molecule has 4 nitrogen and oxygen atoms in total. The van der Waals surface area contributed by atoms with Crippen molar-refractivity contribution in [3.63, 3.8) is 0 Å². The van der Waals surface area contributed by atoms with Crippen molar-refractivity contribution in [2.45, 2.75) is 33.4 Å². The van der Waals surface area contributed by atoms with Gasteiger partial charge >= 0.3 is 0 Å². The van der Waals surface area contributed by atoms with E-state index in [-0.39, 0.29) is 0 Å². The number of rotatable bonds is 5. The molecule has 0 fully saturated rings. The van der Waals surface area contributed by atoms with Crippen LogP contribution in [0.15, 0.2) is 35.5 Å². The van der Waals surface area contributed by atoms with Crippen LogP contribution in [0.1, 0.15) is 27.9 Å². The molecule has 0 atom stereocenters. The summed E-state index contributed by atoms with van der Waals surface area (Å²) in [5.74, 6) is 0.882. The van der Waals surface area contributed by atoms with Crippen LogP contribution in [0.5, 0.6) is 0 Å². The second kappa shape index (κ2) is 7.94. The Kier molecular flexibility index (Phi) is 5.95. The molecule has 1 N–H and O–H groups in total. The zero-order chi connectivity index (χ0) is 15.9. The molecule has 0 aliphatic rings. The Bertz CT molecular complexity index is 616. The van der Waals surface area contributed by atoms with Gasteiger partial charge in [-0.3, -0.25) is 4.99 Å². The third kappa shape index (κ3) is 4.56. The molecule has 1 heterocycles. The molecule has 5 heteroatoms. The van der Waals surface area contributed by atoms with Gasteiger partial charge in [0.1, 0.15) is 5.01 Å². The van der Waals surface area contributed by atoms with E-state index in [4.69, 9.17) is 0 Å². The SMILES string of the molecule is CCc1ccc(CN(C)C(=NC)NCc2ncc(C)s2)cc1. The molecule has 2 rings (SSSR count). The quantitative estimate of drug-likeness (QED) is 0.680. The second-order valence-electron chi connectivity index (χ2n) is 5.29. The van der Waals surface area contributed by atoms with Gasteiger partial charge in [0.05, 0.1) is 6.54 Å². The molecule has 2 aromatic rings. The van der Waals surface area contributed by atoms with E-state index in [2.05, 4.69) is 65.4 Å². The van der Waals surface area contributed by atoms with Crippen LogP contribution in [0.3, 0.4) is 0 Å². The van der Waals surface area contributed by atoms with Gasteiger partial charge in [-0.1, -0.05) is 31.2 Å². The third-order valence-corrected chi connectivity index (χ3v) is 4.40. The van der Waals surface area contributed by atoms with Gasteiger partial charge < -0.3 is 10.2 Å². The fraction of sp³-hybridized carbons (Fsp3) is 0.412. The zero-order valence-electron chi connectivity index (χ0n) is 13.8. The van der Waals surface area contributed by atoms with E-state index in [1.54, 1.807) is 11.3 Å². The Morgan fingerprint density at radius 2 is 1.95 bits per heavy atom. The van der Waals surface area contributed by atoms with Crippen molar-refractivity contribution in [1.29, 1.82) is 0 Å². The molecule has 0 saturated carbocycles. The Balaban J connectivity index is 1.91. The second-order valence-corrected chi connectivity index (χ2v) is 6.61. The minimum Gasteiger partial charge on any atom is -0.350 e. The van der Waals surface area contributed by atoms with E-state index in [1.165, 1.54) is 16.0 Å². The van der Waals surface area contributed by atoms with Crippen LogP contribution in [0.25, 0.3) is 0 Å². The Labute approximate surface area is 136 Å². The van der Waals surface area contributed by atoms with Crippen molar-refractivity contribution in [2.75, 3.05) is 14.1 Å². The van der Waals surface area contributed by atoms with Crippen LogP contribution >= 0.6 is 11.3 Å². The first-order valence-corrected chi connectivity index (χ1v) is 8.35. The highest BCUT2D eigenvalue weighted by atomic mass is 32.1. The number of aromatic nitrogens is 1.